The van der Waals surface area contributed by atoms with Crippen molar-refractivity contribution in [3.63, 3.8) is 0 Å². The van der Waals surface area contributed by atoms with E-state index in [0.717, 1.165) is 34.8 Å². The topological polar surface area (TPSA) is 42.0 Å². The molecule has 0 unspecified atom stereocenters. The van der Waals surface area contributed by atoms with E-state index in [9.17, 15) is 0 Å². The van der Waals surface area contributed by atoms with Crippen LogP contribution in [0.3, 0.4) is 0 Å². The molecule has 0 bridgehead atoms. The van der Waals surface area contributed by atoms with Crippen LogP contribution in [0, 0.1) is 13.8 Å². The molecule has 4 rings (SSSR count). The van der Waals surface area contributed by atoms with Crippen LogP contribution in [0.15, 0.2) is 77.1 Å². The molecule has 0 atom stereocenters. The minimum absolute atomic E-state index is 0.749. The molecule has 0 saturated heterocycles. The first-order valence-electron chi connectivity index (χ1n) is 9.21. The molecule has 0 aliphatic rings. The summed E-state index contributed by atoms with van der Waals surface area (Å²) in [5, 5.41) is 9.07. The van der Waals surface area contributed by atoms with E-state index in [4.69, 9.17) is 4.98 Å². The third-order valence-corrected chi connectivity index (χ3v) is 4.76. The normalized spacial score (nSPS) is 11.5. The summed E-state index contributed by atoms with van der Waals surface area (Å²) in [7, 11) is 0. The molecule has 0 N–H and O–H groups in total. The van der Waals surface area contributed by atoms with Crippen molar-refractivity contribution in [2.24, 2.45) is 10.2 Å². The molecule has 4 heteroatoms. The number of hydrogen-bond donors (Lipinski definition) is 0. The third-order valence-electron chi connectivity index (χ3n) is 4.76. The minimum Gasteiger partial charge on any atom is -0.283 e. The molecule has 0 fully saturated rings. The van der Waals surface area contributed by atoms with E-state index in [-0.39, 0.29) is 0 Å². The molecule has 27 heavy (non-hydrogen) atoms. The van der Waals surface area contributed by atoms with E-state index in [0.29, 0.717) is 0 Å². The number of rotatable bonds is 4. The molecule has 0 spiro atoms. The van der Waals surface area contributed by atoms with Gasteiger partial charge in [0.2, 0.25) is 0 Å². The van der Waals surface area contributed by atoms with Crippen molar-refractivity contribution in [1.82, 2.24) is 9.38 Å². The Kier molecular flexibility index (Phi) is 4.55. The van der Waals surface area contributed by atoms with E-state index in [1.807, 2.05) is 40.9 Å². The van der Waals surface area contributed by atoms with Gasteiger partial charge in [0.25, 0.3) is 0 Å². The predicted molar refractivity (Wildman–Crippen MR) is 110 cm³/mol. The van der Waals surface area contributed by atoms with Gasteiger partial charge in [0.15, 0.2) is 5.82 Å². The van der Waals surface area contributed by atoms with Crippen LogP contribution in [0.25, 0.3) is 16.9 Å². The Morgan fingerprint density at radius 2 is 1.74 bits per heavy atom. The Morgan fingerprint density at radius 3 is 2.52 bits per heavy atom. The van der Waals surface area contributed by atoms with Crippen LogP contribution >= 0.6 is 0 Å². The standard InChI is InChI=1S/C23H22N4/c1-4-18-10-12-19(13-11-18)25-26-23-22(20-15-16(2)8-9-17(20)3)24-21-7-5-6-14-27(21)23/h5-15H,4H2,1-3H3. The first-order chi connectivity index (χ1) is 13.2. The van der Waals surface area contributed by atoms with Crippen LogP contribution < -0.4 is 0 Å². The van der Waals surface area contributed by atoms with E-state index in [1.165, 1.54) is 16.7 Å². The molecule has 0 radical (unpaired) electrons. The first kappa shape index (κ1) is 17.2. The number of fused-ring (bicyclic) bond motifs is 1. The number of imidazole rings is 1. The summed E-state index contributed by atoms with van der Waals surface area (Å²) in [4.78, 5) is 4.83. The molecule has 134 valence electrons. The van der Waals surface area contributed by atoms with Crippen molar-refractivity contribution in [3.05, 3.63) is 83.6 Å². The van der Waals surface area contributed by atoms with Crippen molar-refractivity contribution in [2.75, 3.05) is 0 Å². The molecular weight excluding hydrogens is 332 g/mol. The van der Waals surface area contributed by atoms with Gasteiger partial charge in [-0.1, -0.05) is 42.8 Å². The highest BCUT2D eigenvalue weighted by Crippen LogP contribution is 2.34. The highest BCUT2D eigenvalue weighted by atomic mass is 15.2. The SMILES string of the molecule is CCc1ccc(N=Nc2c(-c3cc(C)ccc3C)nc3ccccn23)cc1. The number of benzene rings is 2. The molecule has 2 heterocycles. The highest BCUT2D eigenvalue weighted by molar-refractivity contribution is 5.77. The van der Waals surface area contributed by atoms with Crippen LogP contribution in [-0.4, -0.2) is 9.38 Å². The lowest BCUT2D eigenvalue weighted by atomic mass is 10.0. The second kappa shape index (κ2) is 7.16. The lowest BCUT2D eigenvalue weighted by molar-refractivity contribution is 1.10. The van der Waals surface area contributed by atoms with Gasteiger partial charge in [-0.15, -0.1) is 10.2 Å². The van der Waals surface area contributed by atoms with Gasteiger partial charge in [-0.2, -0.15) is 0 Å². The highest BCUT2D eigenvalue weighted by Gasteiger charge is 2.15. The number of aryl methyl sites for hydroxylation is 3. The zero-order valence-electron chi connectivity index (χ0n) is 15.8. The summed E-state index contributed by atoms with van der Waals surface area (Å²) in [5.41, 5.74) is 7.32. The molecule has 0 saturated carbocycles. The van der Waals surface area contributed by atoms with Crippen LogP contribution in [0.4, 0.5) is 11.5 Å². The molecular formula is C23H22N4. The fourth-order valence-corrected chi connectivity index (χ4v) is 3.15. The van der Waals surface area contributed by atoms with Crippen molar-refractivity contribution in [2.45, 2.75) is 27.2 Å². The summed E-state index contributed by atoms with van der Waals surface area (Å²) in [6.07, 6.45) is 2.99. The number of azo groups is 1. The zero-order chi connectivity index (χ0) is 18.8. The lowest BCUT2D eigenvalue weighted by Gasteiger charge is -2.05. The van der Waals surface area contributed by atoms with E-state index < -0.39 is 0 Å². The molecule has 0 amide bonds. The number of nitrogens with zero attached hydrogens (tertiary/aromatic N) is 4. The maximum Gasteiger partial charge on any atom is 0.187 e. The van der Waals surface area contributed by atoms with Gasteiger partial charge in [-0.3, -0.25) is 4.40 Å². The lowest BCUT2D eigenvalue weighted by Crippen LogP contribution is -1.86. The van der Waals surface area contributed by atoms with Crippen LogP contribution in [0.2, 0.25) is 0 Å². The Labute approximate surface area is 159 Å². The second-order valence-electron chi connectivity index (χ2n) is 6.75. The summed E-state index contributed by atoms with van der Waals surface area (Å²) in [5.74, 6) is 0.749. The van der Waals surface area contributed by atoms with Crippen molar-refractivity contribution >= 4 is 17.2 Å². The largest absolute Gasteiger partial charge is 0.283 e. The average molecular weight is 354 g/mol. The summed E-state index contributed by atoms with van der Waals surface area (Å²) in [6, 6.07) is 20.5. The fourth-order valence-electron chi connectivity index (χ4n) is 3.15. The smallest absolute Gasteiger partial charge is 0.187 e. The quantitative estimate of drug-likeness (QED) is 0.381. The maximum atomic E-state index is 4.83. The number of pyridine rings is 1. The number of hydrogen-bond acceptors (Lipinski definition) is 3. The summed E-state index contributed by atoms with van der Waals surface area (Å²) in [6.45, 7) is 6.34. The van der Waals surface area contributed by atoms with E-state index in [1.54, 1.807) is 0 Å². The molecule has 2 aromatic heterocycles. The van der Waals surface area contributed by atoms with Crippen LogP contribution in [0.5, 0.6) is 0 Å². The monoisotopic (exact) mass is 354 g/mol. The molecule has 2 aromatic carbocycles. The minimum atomic E-state index is 0.749. The van der Waals surface area contributed by atoms with Crippen molar-refractivity contribution in [1.29, 1.82) is 0 Å². The van der Waals surface area contributed by atoms with Gasteiger partial charge in [-0.05, 0) is 61.7 Å². The predicted octanol–water partition coefficient (Wildman–Crippen LogP) is 6.60. The van der Waals surface area contributed by atoms with E-state index in [2.05, 4.69) is 61.3 Å². The fraction of sp³-hybridized carbons (Fsp3) is 0.174. The van der Waals surface area contributed by atoms with Crippen LogP contribution in [0.1, 0.15) is 23.6 Å². The Bertz CT molecular complexity index is 1120. The van der Waals surface area contributed by atoms with Crippen molar-refractivity contribution < 1.29 is 0 Å². The van der Waals surface area contributed by atoms with Gasteiger partial charge < -0.3 is 0 Å². The van der Waals surface area contributed by atoms with Gasteiger partial charge in [0, 0.05) is 11.8 Å². The second-order valence-corrected chi connectivity index (χ2v) is 6.75. The Balaban J connectivity index is 1.85. The zero-order valence-corrected chi connectivity index (χ0v) is 15.8. The van der Waals surface area contributed by atoms with Gasteiger partial charge in [0.05, 0.1) is 5.69 Å². The molecule has 0 aliphatic heterocycles. The molecule has 0 aliphatic carbocycles. The number of aromatic nitrogens is 2. The Hall–Kier alpha value is -3.27. The van der Waals surface area contributed by atoms with E-state index >= 15 is 0 Å². The van der Waals surface area contributed by atoms with Gasteiger partial charge in [-0.25, -0.2) is 4.98 Å². The summed E-state index contributed by atoms with van der Waals surface area (Å²) < 4.78 is 1.99. The Morgan fingerprint density at radius 1 is 0.926 bits per heavy atom. The molecule has 4 aromatic rings. The van der Waals surface area contributed by atoms with Gasteiger partial charge >= 0.3 is 0 Å². The molecule has 4 nitrogen and oxygen atoms in total. The first-order valence-corrected chi connectivity index (χ1v) is 9.21. The van der Waals surface area contributed by atoms with Crippen molar-refractivity contribution in [3.8, 4) is 11.3 Å². The van der Waals surface area contributed by atoms with Gasteiger partial charge in [0.1, 0.15) is 11.3 Å². The maximum absolute atomic E-state index is 4.83. The van der Waals surface area contributed by atoms with Crippen LogP contribution in [-0.2, 0) is 6.42 Å². The third kappa shape index (κ3) is 3.38. The summed E-state index contributed by atoms with van der Waals surface area (Å²) >= 11 is 0. The average Bonchev–Trinajstić information content (AvgIpc) is 3.07.